The number of fused-ring (bicyclic) bond motifs is 2. The van der Waals surface area contributed by atoms with Crippen LogP contribution in [-0.2, 0) is 13.1 Å². The average molecular weight is 417 g/mol. The number of azo groups is 1. The van der Waals surface area contributed by atoms with Gasteiger partial charge in [0, 0.05) is 23.9 Å². The first-order valence-electron chi connectivity index (χ1n) is 10.3. The molecule has 1 amide bonds. The van der Waals surface area contributed by atoms with E-state index in [4.69, 9.17) is 0 Å². The van der Waals surface area contributed by atoms with Gasteiger partial charge in [0.15, 0.2) is 11.4 Å². The summed E-state index contributed by atoms with van der Waals surface area (Å²) in [6.07, 6.45) is 1.66. The zero-order chi connectivity index (χ0) is 22.0. The first kappa shape index (κ1) is 20.5. The Morgan fingerprint density at radius 2 is 1.71 bits per heavy atom. The van der Waals surface area contributed by atoms with Crippen molar-refractivity contribution < 1.29 is 9.90 Å². The van der Waals surface area contributed by atoms with Crippen LogP contribution in [0.4, 0.5) is 5.69 Å². The van der Waals surface area contributed by atoms with Crippen LogP contribution in [0.2, 0.25) is 0 Å². The van der Waals surface area contributed by atoms with Crippen molar-refractivity contribution in [3.8, 4) is 5.88 Å². The third-order valence-corrected chi connectivity index (χ3v) is 5.27. The smallest absolute Gasteiger partial charge is 0.316 e. The maximum absolute atomic E-state index is 13.0. The molecule has 0 saturated carbocycles. The monoisotopic (exact) mass is 417 g/mol. The molecule has 0 saturated heterocycles. The second-order valence-corrected chi connectivity index (χ2v) is 7.21. The fourth-order valence-corrected chi connectivity index (χ4v) is 3.69. The van der Waals surface area contributed by atoms with Gasteiger partial charge < -0.3 is 9.67 Å². The van der Waals surface area contributed by atoms with Gasteiger partial charge >= 0.3 is 5.91 Å². The number of nitrogens with zero attached hydrogens (tertiary/aromatic N) is 5. The molecule has 4 rings (SSSR count). The highest BCUT2D eigenvalue weighted by atomic mass is 16.3. The molecular weight excluding hydrogens is 394 g/mol. The second kappa shape index (κ2) is 8.51. The van der Waals surface area contributed by atoms with Crippen LogP contribution in [0.1, 0.15) is 37.2 Å². The first-order chi connectivity index (χ1) is 15.1. The van der Waals surface area contributed by atoms with E-state index in [9.17, 15) is 14.7 Å². The van der Waals surface area contributed by atoms with Crippen molar-refractivity contribution in [2.24, 2.45) is 10.2 Å². The molecule has 8 heteroatoms. The molecular formula is C23H23N5O3. The summed E-state index contributed by atoms with van der Waals surface area (Å²) in [6.45, 7) is 4.90. The van der Waals surface area contributed by atoms with Gasteiger partial charge in [-0.2, -0.15) is 5.10 Å². The van der Waals surface area contributed by atoms with Crippen LogP contribution >= 0.6 is 0 Å². The second-order valence-electron chi connectivity index (χ2n) is 7.21. The minimum atomic E-state index is -0.672. The van der Waals surface area contributed by atoms with Gasteiger partial charge in [-0.15, -0.1) is 10.2 Å². The highest BCUT2D eigenvalue weighted by molar-refractivity contribution is 6.05. The van der Waals surface area contributed by atoms with Crippen LogP contribution in [0.15, 0.2) is 63.6 Å². The lowest BCUT2D eigenvalue weighted by Gasteiger charge is -2.08. The van der Waals surface area contributed by atoms with Crippen LogP contribution in [-0.4, -0.2) is 25.4 Å². The number of para-hydroxylation sites is 1. The number of carbonyl (C=O) groups excluding carboxylic acids is 1. The van der Waals surface area contributed by atoms with Crippen LogP contribution in [0.3, 0.4) is 0 Å². The minimum Gasteiger partial charge on any atom is -0.493 e. The molecule has 0 bridgehead atoms. The number of benzene rings is 2. The van der Waals surface area contributed by atoms with Crippen molar-refractivity contribution >= 4 is 33.3 Å². The van der Waals surface area contributed by atoms with E-state index < -0.39 is 5.91 Å². The van der Waals surface area contributed by atoms with E-state index in [1.54, 1.807) is 28.8 Å². The van der Waals surface area contributed by atoms with E-state index in [-0.39, 0.29) is 22.8 Å². The average Bonchev–Trinajstić information content (AvgIpc) is 3.07. The first-order valence-corrected chi connectivity index (χ1v) is 10.3. The Morgan fingerprint density at radius 1 is 1.03 bits per heavy atom. The number of hydrogen-bond donors (Lipinski definition) is 1. The molecule has 0 aliphatic rings. The topological polar surface area (TPSA) is 102 Å². The molecule has 1 N–H and O–H groups in total. The third-order valence-electron chi connectivity index (χ3n) is 5.27. The SMILES string of the molecule is CCCCn1nc(C(=O)N=Nc2c(O)n(CC)c3ccccc23)c2ccccc2c1=O. The number of aromatic nitrogens is 3. The summed E-state index contributed by atoms with van der Waals surface area (Å²) in [5, 5.41) is 24.4. The van der Waals surface area contributed by atoms with Gasteiger partial charge in [0.25, 0.3) is 5.56 Å². The summed E-state index contributed by atoms with van der Waals surface area (Å²) in [5.74, 6) is -0.722. The predicted octanol–water partition coefficient (Wildman–Crippen LogP) is 4.80. The Morgan fingerprint density at radius 3 is 2.42 bits per heavy atom. The molecule has 0 spiro atoms. The van der Waals surface area contributed by atoms with Gasteiger partial charge in [-0.05, 0) is 25.5 Å². The van der Waals surface area contributed by atoms with Gasteiger partial charge in [-0.1, -0.05) is 49.7 Å². The van der Waals surface area contributed by atoms with Gasteiger partial charge in [0.1, 0.15) is 0 Å². The highest BCUT2D eigenvalue weighted by Crippen LogP contribution is 2.38. The van der Waals surface area contributed by atoms with Gasteiger partial charge in [-0.25, -0.2) is 4.68 Å². The zero-order valence-electron chi connectivity index (χ0n) is 17.4. The van der Waals surface area contributed by atoms with Crippen molar-refractivity contribution in [1.29, 1.82) is 0 Å². The molecule has 0 fully saturated rings. The molecule has 2 aromatic heterocycles. The van der Waals surface area contributed by atoms with E-state index in [0.29, 0.717) is 29.2 Å². The number of aromatic hydroxyl groups is 1. The largest absolute Gasteiger partial charge is 0.493 e. The maximum Gasteiger partial charge on any atom is 0.316 e. The minimum absolute atomic E-state index is 0.0500. The Bertz CT molecular complexity index is 1370. The highest BCUT2D eigenvalue weighted by Gasteiger charge is 2.19. The molecule has 31 heavy (non-hydrogen) atoms. The quantitative estimate of drug-likeness (QED) is 0.455. The summed E-state index contributed by atoms with van der Waals surface area (Å²) in [4.78, 5) is 25.7. The van der Waals surface area contributed by atoms with Crippen LogP contribution in [0, 0.1) is 0 Å². The van der Waals surface area contributed by atoms with E-state index >= 15 is 0 Å². The number of unbranched alkanes of at least 4 members (excludes halogenated alkanes) is 1. The lowest BCUT2D eigenvalue weighted by molar-refractivity contribution is 0.0989. The van der Waals surface area contributed by atoms with Gasteiger partial charge in [0.05, 0.1) is 10.9 Å². The van der Waals surface area contributed by atoms with Crippen LogP contribution < -0.4 is 5.56 Å². The van der Waals surface area contributed by atoms with Crippen LogP contribution in [0.5, 0.6) is 5.88 Å². The van der Waals surface area contributed by atoms with E-state index in [1.807, 2.05) is 38.1 Å². The fraction of sp³-hybridized carbons (Fsp3) is 0.261. The number of rotatable bonds is 6. The summed E-state index contributed by atoms with van der Waals surface area (Å²) < 4.78 is 3.02. The molecule has 0 atom stereocenters. The Balaban J connectivity index is 1.80. The summed E-state index contributed by atoms with van der Waals surface area (Å²) >= 11 is 0. The van der Waals surface area contributed by atoms with Crippen molar-refractivity contribution in [1.82, 2.24) is 14.3 Å². The van der Waals surface area contributed by atoms with E-state index in [2.05, 4.69) is 15.3 Å². The maximum atomic E-state index is 13.0. The predicted molar refractivity (Wildman–Crippen MR) is 119 cm³/mol. The lowest BCUT2D eigenvalue weighted by Crippen LogP contribution is -2.25. The molecule has 2 aromatic carbocycles. The Kier molecular flexibility index (Phi) is 5.62. The molecule has 4 aromatic rings. The molecule has 0 radical (unpaired) electrons. The Labute approximate surface area is 178 Å². The molecule has 0 aliphatic heterocycles. The van der Waals surface area contributed by atoms with Crippen molar-refractivity contribution in [3.05, 3.63) is 64.6 Å². The number of amides is 1. The number of hydrogen-bond acceptors (Lipinski definition) is 5. The zero-order valence-corrected chi connectivity index (χ0v) is 17.4. The van der Waals surface area contributed by atoms with Crippen molar-refractivity contribution in [3.63, 3.8) is 0 Å². The summed E-state index contributed by atoms with van der Waals surface area (Å²) in [5.41, 5.74) is 0.866. The molecule has 0 unspecified atom stereocenters. The van der Waals surface area contributed by atoms with Gasteiger partial charge in [0.2, 0.25) is 5.88 Å². The summed E-state index contributed by atoms with van der Waals surface area (Å²) in [7, 11) is 0. The fourth-order valence-electron chi connectivity index (χ4n) is 3.69. The summed E-state index contributed by atoms with van der Waals surface area (Å²) in [6, 6.07) is 14.2. The molecule has 2 heterocycles. The van der Waals surface area contributed by atoms with Crippen LogP contribution in [0.25, 0.3) is 21.7 Å². The normalized spacial score (nSPS) is 11.7. The standard InChI is InChI=1S/C23H23N5O3/c1-3-5-14-28-22(30)16-11-7-6-10-15(16)19(26-28)21(29)25-24-20-17-12-8-9-13-18(17)27(4-2)23(20)31/h6-13,31H,3-5,14H2,1-2H3. The Hall–Kier alpha value is -3.81. The van der Waals surface area contributed by atoms with E-state index in [1.165, 1.54) is 4.68 Å². The number of aryl methyl sites for hydroxylation is 2. The number of carbonyl (C=O) groups is 1. The molecule has 8 nitrogen and oxygen atoms in total. The molecule has 158 valence electrons. The van der Waals surface area contributed by atoms with Crippen molar-refractivity contribution in [2.45, 2.75) is 39.8 Å². The van der Waals surface area contributed by atoms with Crippen molar-refractivity contribution in [2.75, 3.05) is 0 Å². The van der Waals surface area contributed by atoms with Gasteiger partial charge in [-0.3, -0.25) is 9.59 Å². The lowest BCUT2D eigenvalue weighted by atomic mass is 10.1. The third kappa shape index (κ3) is 3.61. The molecule has 0 aliphatic carbocycles. The van der Waals surface area contributed by atoms with E-state index in [0.717, 1.165) is 18.4 Å².